The number of fused-ring (bicyclic) bond motifs is 1. The SMILES string of the molecule is Cc1cccc(N2C(=S)Nc3ccccc3C2CC(=O)C2C=CC=C2)c1. The van der Waals surface area contributed by atoms with Crippen molar-refractivity contribution in [1.29, 1.82) is 0 Å². The second-order valence-electron chi connectivity index (χ2n) is 6.71. The topological polar surface area (TPSA) is 32.3 Å². The van der Waals surface area contributed by atoms with Gasteiger partial charge in [0.2, 0.25) is 0 Å². The maximum atomic E-state index is 12.9. The van der Waals surface area contributed by atoms with E-state index < -0.39 is 0 Å². The van der Waals surface area contributed by atoms with Crippen molar-refractivity contribution in [3.8, 4) is 0 Å². The molecule has 2 aromatic carbocycles. The van der Waals surface area contributed by atoms with Gasteiger partial charge >= 0.3 is 0 Å². The molecule has 0 bridgehead atoms. The molecular weight excluding hydrogens is 340 g/mol. The molecule has 0 amide bonds. The van der Waals surface area contributed by atoms with Crippen LogP contribution in [0.4, 0.5) is 11.4 Å². The molecule has 2 aliphatic rings. The summed E-state index contributed by atoms with van der Waals surface area (Å²) in [6.45, 7) is 2.06. The number of nitrogens with one attached hydrogen (secondary N) is 1. The standard InChI is InChI=1S/C22H20N2OS/c1-15-7-6-10-17(13-15)24-20(14-21(25)16-8-2-3-9-16)18-11-4-5-12-19(18)23-22(24)26/h2-13,16,20H,14H2,1H3,(H,23,26). The molecular formula is C22H20N2OS. The Bertz CT molecular complexity index is 919. The van der Waals surface area contributed by atoms with Crippen LogP contribution in [0.15, 0.2) is 72.8 Å². The highest BCUT2D eigenvalue weighted by Crippen LogP contribution is 2.39. The van der Waals surface area contributed by atoms with Gasteiger partial charge in [0.1, 0.15) is 5.78 Å². The number of ketones is 1. The van der Waals surface area contributed by atoms with Crippen LogP contribution in [0, 0.1) is 12.8 Å². The zero-order chi connectivity index (χ0) is 18.1. The van der Waals surface area contributed by atoms with E-state index in [0.717, 1.165) is 22.5 Å². The summed E-state index contributed by atoms with van der Waals surface area (Å²) in [5.74, 6) is 0.0714. The molecule has 26 heavy (non-hydrogen) atoms. The van der Waals surface area contributed by atoms with Crippen molar-refractivity contribution in [2.75, 3.05) is 10.2 Å². The van der Waals surface area contributed by atoms with Crippen LogP contribution in [-0.2, 0) is 4.79 Å². The van der Waals surface area contributed by atoms with Crippen molar-refractivity contribution in [3.05, 3.63) is 84.0 Å². The zero-order valence-electron chi connectivity index (χ0n) is 14.6. The molecule has 1 heterocycles. The summed E-state index contributed by atoms with van der Waals surface area (Å²) in [6, 6.07) is 16.2. The number of nitrogens with zero attached hydrogens (tertiary/aromatic N) is 1. The molecule has 1 N–H and O–H groups in total. The summed E-state index contributed by atoms with van der Waals surface area (Å²) >= 11 is 5.67. The van der Waals surface area contributed by atoms with Crippen LogP contribution in [-0.4, -0.2) is 10.9 Å². The highest BCUT2D eigenvalue weighted by atomic mass is 32.1. The first-order valence-electron chi connectivity index (χ1n) is 8.77. The van der Waals surface area contributed by atoms with Crippen molar-refractivity contribution < 1.29 is 4.79 Å². The van der Waals surface area contributed by atoms with Crippen LogP contribution in [0.5, 0.6) is 0 Å². The Morgan fingerprint density at radius 1 is 1.12 bits per heavy atom. The maximum absolute atomic E-state index is 12.9. The van der Waals surface area contributed by atoms with Crippen LogP contribution < -0.4 is 10.2 Å². The van der Waals surface area contributed by atoms with Gasteiger partial charge in [0.15, 0.2) is 5.11 Å². The Hall–Kier alpha value is -2.72. The van der Waals surface area contributed by atoms with Crippen molar-refractivity contribution in [2.24, 2.45) is 5.92 Å². The van der Waals surface area contributed by atoms with Gasteiger partial charge in [-0.2, -0.15) is 0 Å². The van der Waals surface area contributed by atoms with E-state index in [2.05, 4.69) is 35.3 Å². The normalized spacial score (nSPS) is 18.7. The molecule has 0 fully saturated rings. The van der Waals surface area contributed by atoms with E-state index >= 15 is 0 Å². The number of benzene rings is 2. The molecule has 0 saturated heterocycles. The number of rotatable bonds is 4. The van der Waals surface area contributed by atoms with E-state index in [0.29, 0.717) is 11.5 Å². The lowest BCUT2D eigenvalue weighted by atomic mass is 9.91. The summed E-state index contributed by atoms with van der Waals surface area (Å²) in [6.07, 6.45) is 8.17. The zero-order valence-corrected chi connectivity index (χ0v) is 15.4. The van der Waals surface area contributed by atoms with Crippen molar-refractivity contribution in [3.63, 3.8) is 0 Å². The van der Waals surface area contributed by atoms with Gasteiger partial charge in [-0.3, -0.25) is 4.79 Å². The van der Waals surface area contributed by atoms with Gasteiger partial charge in [0, 0.05) is 17.8 Å². The van der Waals surface area contributed by atoms with Gasteiger partial charge in [0.25, 0.3) is 0 Å². The summed E-state index contributed by atoms with van der Waals surface area (Å²) in [4.78, 5) is 15.0. The summed E-state index contributed by atoms with van der Waals surface area (Å²) in [7, 11) is 0. The molecule has 0 spiro atoms. The molecule has 130 valence electrons. The van der Waals surface area contributed by atoms with Gasteiger partial charge in [-0.25, -0.2) is 0 Å². The average molecular weight is 360 g/mol. The van der Waals surface area contributed by atoms with Gasteiger partial charge in [-0.15, -0.1) is 0 Å². The number of anilines is 2. The number of aryl methyl sites for hydroxylation is 1. The van der Waals surface area contributed by atoms with Crippen LogP contribution in [0.2, 0.25) is 0 Å². The third-order valence-electron chi connectivity index (χ3n) is 4.89. The maximum Gasteiger partial charge on any atom is 0.178 e. The lowest BCUT2D eigenvalue weighted by Crippen LogP contribution is -2.43. The Kier molecular flexibility index (Phi) is 4.43. The van der Waals surface area contributed by atoms with Gasteiger partial charge in [-0.05, 0) is 48.5 Å². The highest BCUT2D eigenvalue weighted by molar-refractivity contribution is 7.80. The van der Waals surface area contributed by atoms with Crippen molar-refractivity contribution in [1.82, 2.24) is 0 Å². The fourth-order valence-corrected chi connectivity index (χ4v) is 3.95. The van der Waals surface area contributed by atoms with E-state index in [4.69, 9.17) is 12.2 Å². The number of thiocarbonyl (C=S) groups is 1. The first-order valence-corrected chi connectivity index (χ1v) is 9.18. The average Bonchev–Trinajstić information content (AvgIpc) is 3.16. The third kappa shape index (κ3) is 3.08. The second-order valence-corrected chi connectivity index (χ2v) is 7.09. The summed E-state index contributed by atoms with van der Waals surface area (Å²) in [5.41, 5.74) is 4.25. The quantitative estimate of drug-likeness (QED) is 0.782. The van der Waals surface area contributed by atoms with Gasteiger partial charge in [-0.1, -0.05) is 54.6 Å². The molecule has 1 atom stereocenters. The monoisotopic (exact) mass is 360 g/mol. The second kappa shape index (κ2) is 6.89. The number of para-hydroxylation sites is 1. The number of hydrogen-bond acceptors (Lipinski definition) is 2. The Morgan fingerprint density at radius 2 is 1.88 bits per heavy atom. The predicted molar refractivity (Wildman–Crippen MR) is 110 cm³/mol. The lowest BCUT2D eigenvalue weighted by Gasteiger charge is -2.39. The molecule has 3 nitrogen and oxygen atoms in total. The first kappa shape index (κ1) is 16.7. The molecule has 0 aromatic heterocycles. The largest absolute Gasteiger partial charge is 0.332 e. The van der Waals surface area contributed by atoms with E-state index in [1.165, 1.54) is 0 Å². The number of carbonyl (C=O) groups excluding carboxylic acids is 1. The molecule has 2 aromatic rings. The van der Waals surface area contributed by atoms with E-state index in [1.54, 1.807) is 0 Å². The minimum atomic E-state index is -0.134. The minimum absolute atomic E-state index is 0.114. The molecule has 1 unspecified atom stereocenters. The molecule has 0 radical (unpaired) electrons. The van der Waals surface area contributed by atoms with Crippen LogP contribution in [0.3, 0.4) is 0 Å². The Balaban J connectivity index is 1.75. The molecule has 4 heteroatoms. The number of allylic oxidation sites excluding steroid dienone is 4. The predicted octanol–water partition coefficient (Wildman–Crippen LogP) is 4.95. The molecule has 0 saturated carbocycles. The lowest BCUT2D eigenvalue weighted by molar-refractivity contribution is -0.120. The number of Topliss-reactive ketones (excluding diaryl/α,β-unsaturated/α-hetero) is 1. The Morgan fingerprint density at radius 3 is 2.65 bits per heavy atom. The minimum Gasteiger partial charge on any atom is -0.332 e. The number of carbonyl (C=O) groups is 1. The first-order chi connectivity index (χ1) is 12.6. The van der Waals surface area contributed by atoms with E-state index in [-0.39, 0.29) is 17.7 Å². The summed E-state index contributed by atoms with van der Waals surface area (Å²) < 4.78 is 0. The molecule has 1 aliphatic carbocycles. The van der Waals surface area contributed by atoms with Gasteiger partial charge in [0.05, 0.1) is 12.0 Å². The number of hydrogen-bond donors (Lipinski definition) is 1. The highest BCUT2D eigenvalue weighted by Gasteiger charge is 2.33. The van der Waals surface area contributed by atoms with E-state index in [9.17, 15) is 4.79 Å². The molecule has 4 rings (SSSR count). The summed E-state index contributed by atoms with van der Waals surface area (Å²) in [5, 5.41) is 3.95. The van der Waals surface area contributed by atoms with Crippen molar-refractivity contribution >= 4 is 34.5 Å². The fraction of sp³-hybridized carbons (Fsp3) is 0.182. The van der Waals surface area contributed by atoms with Crippen LogP contribution in [0.1, 0.15) is 23.6 Å². The van der Waals surface area contributed by atoms with Crippen LogP contribution >= 0.6 is 12.2 Å². The third-order valence-corrected chi connectivity index (χ3v) is 5.18. The fourth-order valence-electron chi connectivity index (χ4n) is 3.61. The van der Waals surface area contributed by atoms with Gasteiger partial charge < -0.3 is 10.2 Å². The van der Waals surface area contributed by atoms with Crippen molar-refractivity contribution in [2.45, 2.75) is 19.4 Å². The molecule has 1 aliphatic heterocycles. The Labute approximate surface area is 159 Å². The smallest absolute Gasteiger partial charge is 0.178 e. The van der Waals surface area contributed by atoms with Crippen LogP contribution in [0.25, 0.3) is 0 Å². The van der Waals surface area contributed by atoms with E-state index in [1.807, 2.05) is 54.6 Å².